The Labute approximate surface area is 86.2 Å². The van der Waals surface area contributed by atoms with E-state index in [1.54, 1.807) is 6.92 Å². The molecule has 0 fully saturated rings. The molecule has 14 heavy (non-hydrogen) atoms. The third-order valence-corrected chi connectivity index (χ3v) is 2.16. The molecular formula is C9H11ClFNO2. The molecule has 0 spiro atoms. The molecule has 1 rings (SSSR count). The first kappa shape index (κ1) is 11.1. The summed E-state index contributed by atoms with van der Waals surface area (Å²) in [6.45, 7) is 1.55. The van der Waals surface area contributed by atoms with E-state index < -0.39 is 11.9 Å². The molecule has 0 amide bonds. The SMILES string of the molecule is COc1cc(Cl)c(O)c(C(C)N)c1F. The van der Waals surface area contributed by atoms with Gasteiger partial charge in [0.2, 0.25) is 0 Å². The Bertz CT molecular complexity index is 355. The molecule has 0 aromatic heterocycles. The van der Waals surface area contributed by atoms with E-state index in [4.69, 9.17) is 22.1 Å². The van der Waals surface area contributed by atoms with Crippen LogP contribution in [0.4, 0.5) is 4.39 Å². The highest BCUT2D eigenvalue weighted by molar-refractivity contribution is 6.32. The molecule has 0 aliphatic carbocycles. The number of benzene rings is 1. The molecule has 1 aromatic rings. The van der Waals surface area contributed by atoms with E-state index >= 15 is 0 Å². The lowest BCUT2D eigenvalue weighted by molar-refractivity contribution is 0.376. The number of rotatable bonds is 2. The Morgan fingerprint density at radius 2 is 2.21 bits per heavy atom. The summed E-state index contributed by atoms with van der Waals surface area (Å²) in [5.41, 5.74) is 5.46. The van der Waals surface area contributed by atoms with Crippen LogP contribution in [-0.4, -0.2) is 12.2 Å². The lowest BCUT2D eigenvalue weighted by Gasteiger charge is -2.13. The lowest BCUT2D eigenvalue weighted by Crippen LogP contribution is -2.09. The van der Waals surface area contributed by atoms with Crippen molar-refractivity contribution < 1.29 is 14.2 Å². The summed E-state index contributed by atoms with van der Waals surface area (Å²) in [6, 6.07) is 0.556. The summed E-state index contributed by atoms with van der Waals surface area (Å²) in [4.78, 5) is 0. The van der Waals surface area contributed by atoms with Crippen molar-refractivity contribution in [2.75, 3.05) is 7.11 Å². The largest absolute Gasteiger partial charge is 0.506 e. The van der Waals surface area contributed by atoms with Crippen LogP contribution in [0.1, 0.15) is 18.5 Å². The van der Waals surface area contributed by atoms with Gasteiger partial charge in [0, 0.05) is 12.1 Å². The molecule has 78 valence electrons. The van der Waals surface area contributed by atoms with Crippen molar-refractivity contribution in [1.29, 1.82) is 0 Å². The van der Waals surface area contributed by atoms with Crippen molar-refractivity contribution in [3.8, 4) is 11.5 Å². The van der Waals surface area contributed by atoms with Crippen molar-refractivity contribution in [2.45, 2.75) is 13.0 Å². The number of phenolic OH excluding ortho intramolecular Hbond substituents is 1. The van der Waals surface area contributed by atoms with Gasteiger partial charge < -0.3 is 15.6 Å². The molecule has 0 saturated heterocycles. The first-order valence-electron chi connectivity index (χ1n) is 3.99. The quantitative estimate of drug-likeness (QED) is 0.802. The summed E-state index contributed by atoms with van der Waals surface area (Å²) >= 11 is 5.66. The zero-order valence-electron chi connectivity index (χ0n) is 7.84. The second-order valence-electron chi connectivity index (χ2n) is 2.93. The minimum atomic E-state index is -0.676. The van der Waals surface area contributed by atoms with Gasteiger partial charge in [-0.25, -0.2) is 4.39 Å². The standard InChI is InChI=1S/C9H11ClFNO2/c1-4(12)7-8(11)6(14-2)3-5(10)9(7)13/h3-4,13H,12H2,1-2H3. The minimum Gasteiger partial charge on any atom is -0.506 e. The van der Waals surface area contributed by atoms with E-state index in [2.05, 4.69) is 0 Å². The second-order valence-corrected chi connectivity index (χ2v) is 3.33. The van der Waals surface area contributed by atoms with Crippen LogP contribution in [0, 0.1) is 5.82 Å². The van der Waals surface area contributed by atoms with Crippen LogP contribution in [0.2, 0.25) is 5.02 Å². The minimum absolute atomic E-state index is 0.0237. The van der Waals surface area contributed by atoms with Crippen LogP contribution in [0.5, 0.6) is 11.5 Å². The van der Waals surface area contributed by atoms with Gasteiger partial charge in [-0.05, 0) is 6.92 Å². The molecule has 1 unspecified atom stereocenters. The lowest BCUT2D eigenvalue weighted by atomic mass is 10.1. The number of aromatic hydroxyl groups is 1. The third-order valence-electron chi connectivity index (χ3n) is 1.87. The molecule has 5 heteroatoms. The van der Waals surface area contributed by atoms with Gasteiger partial charge in [-0.2, -0.15) is 0 Å². The predicted molar refractivity (Wildman–Crippen MR) is 52.2 cm³/mol. The van der Waals surface area contributed by atoms with Gasteiger partial charge in [0.15, 0.2) is 11.6 Å². The van der Waals surface area contributed by atoms with Gasteiger partial charge >= 0.3 is 0 Å². The van der Waals surface area contributed by atoms with Crippen LogP contribution >= 0.6 is 11.6 Å². The van der Waals surface area contributed by atoms with Gasteiger partial charge in [0.25, 0.3) is 0 Å². The fraction of sp³-hybridized carbons (Fsp3) is 0.333. The summed E-state index contributed by atoms with van der Waals surface area (Å²) in [5.74, 6) is -1.04. The number of halogens is 2. The molecule has 0 radical (unpaired) electrons. The molecule has 0 saturated carbocycles. The van der Waals surface area contributed by atoms with E-state index in [9.17, 15) is 9.50 Å². The maximum Gasteiger partial charge on any atom is 0.173 e. The Kier molecular flexibility index (Phi) is 3.18. The fourth-order valence-electron chi connectivity index (χ4n) is 1.18. The van der Waals surface area contributed by atoms with Crippen molar-refractivity contribution in [3.05, 3.63) is 22.5 Å². The number of methoxy groups -OCH3 is 1. The number of nitrogens with two attached hydrogens (primary N) is 1. The molecule has 0 heterocycles. The summed E-state index contributed by atoms with van der Waals surface area (Å²) < 4.78 is 18.3. The first-order chi connectivity index (χ1) is 6.49. The van der Waals surface area contributed by atoms with Gasteiger partial charge in [0.1, 0.15) is 5.75 Å². The smallest absolute Gasteiger partial charge is 0.173 e. The molecule has 0 aliphatic rings. The molecule has 3 nitrogen and oxygen atoms in total. The van der Waals surface area contributed by atoms with Crippen LogP contribution in [0.25, 0.3) is 0 Å². The highest BCUT2D eigenvalue weighted by Crippen LogP contribution is 2.38. The summed E-state index contributed by atoms with van der Waals surface area (Å²) in [7, 11) is 1.32. The van der Waals surface area contributed by atoms with Crippen LogP contribution in [-0.2, 0) is 0 Å². The highest BCUT2D eigenvalue weighted by Gasteiger charge is 2.20. The molecule has 3 N–H and O–H groups in total. The number of ether oxygens (including phenoxy) is 1. The number of hydrogen-bond donors (Lipinski definition) is 2. The van der Waals surface area contributed by atoms with E-state index in [0.717, 1.165) is 0 Å². The van der Waals surface area contributed by atoms with Crippen LogP contribution in [0.15, 0.2) is 6.07 Å². The first-order valence-corrected chi connectivity index (χ1v) is 4.37. The maximum atomic E-state index is 13.5. The molecular weight excluding hydrogens is 209 g/mol. The van der Waals surface area contributed by atoms with Gasteiger partial charge in [-0.1, -0.05) is 11.6 Å². The van der Waals surface area contributed by atoms with Crippen molar-refractivity contribution in [1.82, 2.24) is 0 Å². The Morgan fingerprint density at radius 1 is 1.64 bits per heavy atom. The molecule has 0 bridgehead atoms. The zero-order chi connectivity index (χ0) is 10.9. The molecule has 1 atom stereocenters. The summed E-state index contributed by atoms with van der Waals surface area (Å²) in [6.07, 6.45) is 0. The van der Waals surface area contributed by atoms with Gasteiger partial charge in [0.05, 0.1) is 17.7 Å². The highest BCUT2D eigenvalue weighted by atomic mass is 35.5. The van der Waals surface area contributed by atoms with E-state index in [1.165, 1.54) is 13.2 Å². The second kappa shape index (κ2) is 4.02. The summed E-state index contributed by atoms with van der Waals surface area (Å²) in [5, 5.41) is 9.48. The maximum absolute atomic E-state index is 13.5. The average molecular weight is 220 g/mol. The van der Waals surface area contributed by atoms with Crippen LogP contribution < -0.4 is 10.5 Å². The van der Waals surface area contributed by atoms with Gasteiger partial charge in [-0.15, -0.1) is 0 Å². The Balaban J connectivity index is 3.45. The normalized spacial score (nSPS) is 12.6. The van der Waals surface area contributed by atoms with Crippen LogP contribution in [0.3, 0.4) is 0 Å². The number of hydrogen-bond acceptors (Lipinski definition) is 3. The van der Waals surface area contributed by atoms with Crippen molar-refractivity contribution >= 4 is 11.6 Å². The third kappa shape index (κ3) is 1.76. The van der Waals surface area contributed by atoms with Crippen molar-refractivity contribution in [2.24, 2.45) is 5.73 Å². The number of phenols is 1. The predicted octanol–water partition coefficient (Wildman–Crippen LogP) is 2.21. The monoisotopic (exact) mass is 219 g/mol. The topological polar surface area (TPSA) is 55.5 Å². The van der Waals surface area contributed by atoms with E-state index in [-0.39, 0.29) is 22.1 Å². The van der Waals surface area contributed by atoms with E-state index in [0.29, 0.717) is 0 Å². The Hall–Kier alpha value is -1.00. The Morgan fingerprint density at radius 3 is 2.64 bits per heavy atom. The van der Waals surface area contributed by atoms with Gasteiger partial charge in [-0.3, -0.25) is 0 Å². The van der Waals surface area contributed by atoms with Crippen molar-refractivity contribution in [3.63, 3.8) is 0 Å². The average Bonchev–Trinajstić information content (AvgIpc) is 2.11. The molecule has 1 aromatic carbocycles. The molecule has 0 aliphatic heterocycles. The van der Waals surface area contributed by atoms with E-state index in [1.807, 2.05) is 0 Å². The fourth-order valence-corrected chi connectivity index (χ4v) is 1.38. The zero-order valence-corrected chi connectivity index (χ0v) is 8.60.